The average Bonchev–Trinajstić information content (AvgIpc) is 3.16. The van der Waals surface area contributed by atoms with Crippen LogP contribution in [0.3, 0.4) is 0 Å². The van der Waals surface area contributed by atoms with Gasteiger partial charge in [0, 0.05) is 17.4 Å². The lowest BCUT2D eigenvalue weighted by molar-refractivity contribution is -0.117. The first kappa shape index (κ1) is 17.3. The molecule has 0 saturated heterocycles. The van der Waals surface area contributed by atoms with E-state index in [4.69, 9.17) is 4.42 Å². The van der Waals surface area contributed by atoms with E-state index in [-0.39, 0.29) is 11.8 Å². The van der Waals surface area contributed by atoms with E-state index in [1.54, 1.807) is 19.2 Å². The van der Waals surface area contributed by atoms with Crippen molar-refractivity contribution in [2.24, 2.45) is 0 Å². The van der Waals surface area contributed by atoms with E-state index in [0.717, 1.165) is 11.3 Å². The summed E-state index contributed by atoms with van der Waals surface area (Å²) >= 11 is 0. The summed E-state index contributed by atoms with van der Waals surface area (Å²) in [6, 6.07) is 9.97. The van der Waals surface area contributed by atoms with E-state index >= 15 is 0 Å². The Balaban J connectivity index is 1.67. The molecule has 2 N–H and O–H groups in total. The van der Waals surface area contributed by atoms with E-state index in [0.29, 0.717) is 17.1 Å². The van der Waals surface area contributed by atoms with E-state index in [1.807, 2.05) is 31.2 Å². The van der Waals surface area contributed by atoms with Gasteiger partial charge in [-0.25, -0.2) is 9.97 Å². The van der Waals surface area contributed by atoms with Crippen LogP contribution in [0.5, 0.6) is 0 Å². The number of nitrogens with one attached hydrogen (secondary N) is 2. The zero-order chi connectivity index (χ0) is 18.5. The molecule has 0 aliphatic rings. The van der Waals surface area contributed by atoms with Gasteiger partial charge in [0.05, 0.1) is 17.5 Å². The third-order valence-electron chi connectivity index (χ3n) is 3.73. The van der Waals surface area contributed by atoms with Crippen molar-refractivity contribution in [3.8, 4) is 11.3 Å². The predicted molar refractivity (Wildman–Crippen MR) is 96.5 cm³/mol. The topological polar surface area (TPSA) is 97.1 Å². The van der Waals surface area contributed by atoms with E-state index in [2.05, 4.69) is 20.6 Å². The zero-order valence-corrected chi connectivity index (χ0v) is 14.4. The van der Waals surface area contributed by atoms with Crippen LogP contribution in [0.1, 0.15) is 23.1 Å². The van der Waals surface area contributed by atoms with Crippen molar-refractivity contribution in [1.82, 2.24) is 15.3 Å². The minimum atomic E-state index is -0.706. The molecule has 1 atom stereocenters. The third kappa shape index (κ3) is 4.13. The molecule has 0 aliphatic carbocycles. The van der Waals surface area contributed by atoms with E-state index in [9.17, 15) is 9.59 Å². The monoisotopic (exact) mass is 350 g/mol. The number of nitrogens with zero attached hydrogens (tertiary/aromatic N) is 2. The number of furan rings is 1. The largest absolute Gasteiger partial charge is 0.472 e. The second-order valence-electron chi connectivity index (χ2n) is 5.77. The highest BCUT2D eigenvalue weighted by Crippen LogP contribution is 2.20. The minimum absolute atomic E-state index is 0.321. The van der Waals surface area contributed by atoms with Crippen LogP contribution in [0.2, 0.25) is 0 Å². The highest BCUT2D eigenvalue weighted by molar-refractivity contribution is 6.01. The molecule has 3 aromatic rings. The normalized spacial score (nSPS) is 11.6. The van der Waals surface area contributed by atoms with Gasteiger partial charge in [0.15, 0.2) is 0 Å². The summed E-state index contributed by atoms with van der Waals surface area (Å²) in [7, 11) is 0. The van der Waals surface area contributed by atoms with Crippen LogP contribution in [-0.4, -0.2) is 27.8 Å². The van der Waals surface area contributed by atoms with E-state index in [1.165, 1.54) is 18.6 Å². The van der Waals surface area contributed by atoms with Crippen molar-refractivity contribution < 1.29 is 14.0 Å². The molecule has 0 unspecified atom stereocenters. The van der Waals surface area contributed by atoms with Gasteiger partial charge in [-0.05, 0) is 38.1 Å². The minimum Gasteiger partial charge on any atom is -0.472 e. The van der Waals surface area contributed by atoms with Crippen molar-refractivity contribution in [1.29, 1.82) is 0 Å². The van der Waals surface area contributed by atoms with Gasteiger partial charge in [-0.3, -0.25) is 9.59 Å². The molecular formula is C19H18N4O3. The maximum Gasteiger partial charge on any atom is 0.255 e. The van der Waals surface area contributed by atoms with Gasteiger partial charge in [-0.1, -0.05) is 12.1 Å². The average molecular weight is 350 g/mol. The summed E-state index contributed by atoms with van der Waals surface area (Å²) in [5.41, 5.74) is 2.62. The lowest BCUT2D eigenvalue weighted by atomic mass is 10.1. The quantitative estimate of drug-likeness (QED) is 0.737. The van der Waals surface area contributed by atoms with Crippen molar-refractivity contribution in [2.45, 2.75) is 19.9 Å². The molecule has 2 aromatic heterocycles. The van der Waals surface area contributed by atoms with Crippen molar-refractivity contribution >= 4 is 17.5 Å². The lowest BCUT2D eigenvalue weighted by Gasteiger charge is -2.14. The SMILES string of the molecule is Cc1nccc(-c2cccc(NC(=O)[C@H](C)NC(=O)c3ccoc3)c2)n1. The smallest absolute Gasteiger partial charge is 0.255 e. The maximum atomic E-state index is 12.3. The first-order valence-corrected chi connectivity index (χ1v) is 8.07. The molecule has 132 valence electrons. The second kappa shape index (κ2) is 7.60. The molecule has 2 heterocycles. The van der Waals surface area contributed by atoms with E-state index < -0.39 is 6.04 Å². The van der Waals surface area contributed by atoms with Crippen LogP contribution in [0, 0.1) is 6.92 Å². The van der Waals surface area contributed by atoms with Gasteiger partial charge in [0.2, 0.25) is 5.91 Å². The number of aryl methyl sites for hydroxylation is 1. The number of amides is 2. The van der Waals surface area contributed by atoms with Crippen LogP contribution in [0.15, 0.2) is 59.5 Å². The van der Waals surface area contributed by atoms with Gasteiger partial charge < -0.3 is 15.1 Å². The standard InChI is InChI=1S/C19H18N4O3/c1-12(21-19(25)15-7-9-26-11-15)18(24)23-16-5-3-4-14(10-16)17-6-8-20-13(2)22-17/h3-12H,1-2H3,(H,21,25)(H,23,24)/t12-/m0/s1. The number of hydrogen-bond donors (Lipinski definition) is 2. The third-order valence-corrected chi connectivity index (χ3v) is 3.73. The number of hydrogen-bond acceptors (Lipinski definition) is 5. The van der Waals surface area contributed by atoms with Crippen molar-refractivity contribution in [2.75, 3.05) is 5.32 Å². The van der Waals surface area contributed by atoms with Gasteiger partial charge in [-0.2, -0.15) is 0 Å². The van der Waals surface area contributed by atoms with Crippen molar-refractivity contribution in [3.05, 3.63) is 66.5 Å². The van der Waals surface area contributed by atoms with Gasteiger partial charge in [0.1, 0.15) is 18.1 Å². The van der Waals surface area contributed by atoms with Gasteiger partial charge in [-0.15, -0.1) is 0 Å². The number of rotatable bonds is 5. The molecule has 0 bridgehead atoms. The summed E-state index contributed by atoms with van der Waals surface area (Å²) in [4.78, 5) is 32.8. The van der Waals surface area contributed by atoms with Crippen LogP contribution >= 0.6 is 0 Å². The summed E-state index contributed by atoms with van der Waals surface area (Å²) in [5.74, 6) is -0.0167. The van der Waals surface area contributed by atoms with Crippen LogP contribution in [0.4, 0.5) is 5.69 Å². The first-order chi connectivity index (χ1) is 12.5. The fourth-order valence-corrected chi connectivity index (χ4v) is 2.36. The highest BCUT2D eigenvalue weighted by Gasteiger charge is 2.17. The van der Waals surface area contributed by atoms with Crippen LogP contribution in [-0.2, 0) is 4.79 Å². The molecule has 7 nitrogen and oxygen atoms in total. The molecule has 0 fully saturated rings. The number of benzene rings is 1. The zero-order valence-electron chi connectivity index (χ0n) is 14.4. The molecule has 3 rings (SSSR count). The predicted octanol–water partition coefficient (Wildman–Crippen LogP) is 2.80. The summed E-state index contributed by atoms with van der Waals surface area (Å²) in [6.07, 6.45) is 4.42. The molecule has 26 heavy (non-hydrogen) atoms. The summed E-state index contributed by atoms with van der Waals surface area (Å²) in [5, 5.41) is 5.42. The van der Waals surface area contributed by atoms with Gasteiger partial charge >= 0.3 is 0 Å². The number of anilines is 1. The maximum absolute atomic E-state index is 12.3. The Morgan fingerprint density at radius 2 is 2.04 bits per heavy atom. The van der Waals surface area contributed by atoms with Crippen molar-refractivity contribution in [3.63, 3.8) is 0 Å². The Morgan fingerprint density at radius 3 is 2.77 bits per heavy atom. The highest BCUT2D eigenvalue weighted by atomic mass is 16.3. The number of carbonyl (C=O) groups is 2. The summed E-state index contributed by atoms with van der Waals surface area (Å²) < 4.78 is 4.87. The molecule has 7 heteroatoms. The fraction of sp³-hybridized carbons (Fsp3) is 0.158. The second-order valence-corrected chi connectivity index (χ2v) is 5.77. The lowest BCUT2D eigenvalue weighted by Crippen LogP contribution is -2.41. The van der Waals surface area contributed by atoms with Gasteiger partial charge in [0.25, 0.3) is 5.91 Å². The fourth-order valence-electron chi connectivity index (χ4n) is 2.36. The molecule has 0 aliphatic heterocycles. The Labute approximate surface area is 150 Å². The summed E-state index contributed by atoms with van der Waals surface area (Å²) in [6.45, 7) is 3.43. The molecule has 0 saturated carbocycles. The van der Waals surface area contributed by atoms with Crippen LogP contribution in [0.25, 0.3) is 11.3 Å². The first-order valence-electron chi connectivity index (χ1n) is 8.07. The molecule has 0 spiro atoms. The molecule has 2 amide bonds. The molecule has 0 radical (unpaired) electrons. The number of carbonyl (C=O) groups excluding carboxylic acids is 2. The Morgan fingerprint density at radius 1 is 1.19 bits per heavy atom. The Hall–Kier alpha value is -3.48. The molecule has 1 aromatic carbocycles. The van der Waals surface area contributed by atoms with Crippen LogP contribution < -0.4 is 10.6 Å². The Bertz CT molecular complexity index is 922. The molecular weight excluding hydrogens is 332 g/mol. The Kier molecular flexibility index (Phi) is 5.07. The number of aromatic nitrogens is 2.